The number of benzene rings is 1. The minimum Gasteiger partial charge on any atom is -0.258 e. The summed E-state index contributed by atoms with van der Waals surface area (Å²) in [5, 5.41) is 19.3. The predicted molar refractivity (Wildman–Crippen MR) is 72.3 cm³/mol. The molecule has 9 heteroatoms. The number of nitro benzene ring substituents is 1. The van der Waals surface area contributed by atoms with E-state index in [1.807, 2.05) is 6.07 Å². The molecule has 0 unspecified atom stereocenters. The van der Waals surface area contributed by atoms with Crippen LogP contribution in [0, 0.1) is 27.3 Å². The van der Waals surface area contributed by atoms with Gasteiger partial charge >= 0.3 is 5.69 Å². The number of nitriles is 1. The van der Waals surface area contributed by atoms with Crippen molar-refractivity contribution in [2.75, 3.05) is 6.54 Å². The highest BCUT2D eigenvalue weighted by Gasteiger charge is 2.29. The Labute approximate surface area is 121 Å². The standard InChI is InChI=1S/C12H14FN3O4S/c1-9(2)15(7-3-6-14)21(19,20)10-4-5-11(13)12(8-10)16(17)18/h4-5,8-9H,3,7H2,1-2H3. The first-order chi connectivity index (χ1) is 9.71. The summed E-state index contributed by atoms with van der Waals surface area (Å²) in [4.78, 5) is 9.34. The van der Waals surface area contributed by atoms with Crippen molar-refractivity contribution in [2.24, 2.45) is 0 Å². The molecule has 0 atom stereocenters. The molecule has 0 amide bonds. The maximum Gasteiger partial charge on any atom is 0.306 e. The third kappa shape index (κ3) is 3.74. The fraction of sp³-hybridized carbons (Fsp3) is 0.417. The van der Waals surface area contributed by atoms with Crippen molar-refractivity contribution in [1.29, 1.82) is 5.26 Å². The number of nitro groups is 1. The molecule has 114 valence electrons. The lowest BCUT2D eigenvalue weighted by Crippen LogP contribution is -2.37. The van der Waals surface area contributed by atoms with Gasteiger partial charge in [-0.25, -0.2) is 8.42 Å². The van der Waals surface area contributed by atoms with E-state index in [-0.39, 0.29) is 17.9 Å². The SMILES string of the molecule is CC(C)N(CCC#N)S(=O)(=O)c1ccc(F)c([N+](=O)[O-])c1. The van der Waals surface area contributed by atoms with E-state index in [1.54, 1.807) is 13.8 Å². The molecule has 0 saturated carbocycles. The normalized spacial score (nSPS) is 11.6. The van der Waals surface area contributed by atoms with Crippen LogP contribution in [0.2, 0.25) is 0 Å². The van der Waals surface area contributed by atoms with Gasteiger partial charge in [-0.1, -0.05) is 0 Å². The van der Waals surface area contributed by atoms with Gasteiger partial charge in [0.15, 0.2) is 0 Å². The maximum atomic E-state index is 13.3. The van der Waals surface area contributed by atoms with Crippen LogP contribution in [0.3, 0.4) is 0 Å². The van der Waals surface area contributed by atoms with Crippen molar-refractivity contribution < 1.29 is 17.7 Å². The largest absolute Gasteiger partial charge is 0.306 e. The Morgan fingerprint density at radius 1 is 1.48 bits per heavy atom. The van der Waals surface area contributed by atoms with E-state index in [1.165, 1.54) is 0 Å². The lowest BCUT2D eigenvalue weighted by Gasteiger charge is -2.24. The van der Waals surface area contributed by atoms with Gasteiger partial charge in [-0.15, -0.1) is 0 Å². The van der Waals surface area contributed by atoms with Crippen LogP contribution >= 0.6 is 0 Å². The molecule has 1 aromatic rings. The molecule has 0 heterocycles. The molecule has 21 heavy (non-hydrogen) atoms. The molecule has 0 aliphatic carbocycles. The first kappa shape index (κ1) is 17.0. The Bertz CT molecular complexity index is 682. The third-order valence-electron chi connectivity index (χ3n) is 2.74. The number of hydrogen-bond acceptors (Lipinski definition) is 5. The number of rotatable bonds is 6. The van der Waals surface area contributed by atoms with Crippen LogP contribution in [0.1, 0.15) is 20.3 Å². The summed E-state index contributed by atoms with van der Waals surface area (Å²) < 4.78 is 39.2. The molecule has 0 aromatic heterocycles. The zero-order valence-corrected chi connectivity index (χ0v) is 12.3. The van der Waals surface area contributed by atoms with E-state index >= 15 is 0 Å². The van der Waals surface area contributed by atoms with Crippen molar-refractivity contribution in [3.05, 3.63) is 34.1 Å². The van der Waals surface area contributed by atoms with Crippen LogP contribution in [0.4, 0.5) is 10.1 Å². The lowest BCUT2D eigenvalue weighted by molar-refractivity contribution is -0.387. The zero-order chi connectivity index (χ0) is 16.2. The molecule has 0 aliphatic rings. The number of sulfonamides is 1. The highest BCUT2D eigenvalue weighted by molar-refractivity contribution is 7.89. The topological polar surface area (TPSA) is 104 Å². The summed E-state index contributed by atoms with van der Waals surface area (Å²) >= 11 is 0. The summed E-state index contributed by atoms with van der Waals surface area (Å²) in [7, 11) is -4.03. The van der Waals surface area contributed by atoms with E-state index in [0.717, 1.165) is 16.4 Å². The van der Waals surface area contributed by atoms with E-state index in [4.69, 9.17) is 5.26 Å². The Balaban J connectivity index is 3.32. The molecule has 0 spiro atoms. The number of hydrogen-bond donors (Lipinski definition) is 0. The van der Waals surface area contributed by atoms with Crippen molar-refractivity contribution in [3.63, 3.8) is 0 Å². The van der Waals surface area contributed by atoms with Crippen LogP contribution in [-0.4, -0.2) is 30.2 Å². The molecule has 0 aliphatic heterocycles. The molecule has 0 fully saturated rings. The first-order valence-corrected chi connectivity index (χ1v) is 7.48. The quantitative estimate of drug-likeness (QED) is 0.590. The average molecular weight is 315 g/mol. The van der Waals surface area contributed by atoms with Crippen molar-refractivity contribution in [2.45, 2.75) is 31.2 Å². The summed E-state index contributed by atoms with van der Waals surface area (Å²) in [5.41, 5.74) is -0.903. The second-order valence-corrected chi connectivity index (χ2v) is 6.38. The average Bonchev–Trinajstić information content (AvgIpc) is 2.38. The van der Waals surface area contributed by atoms with Crippen LogP contribution < -0.4 is 0 Å². The zero-order valence-electron chi connectivity index (χ0n) is 11.5. The molecule has 1 aromatic carbocycles. The highest BCUT2D eigenvalue weighted by atomic mass is 32.2. The summed E-state index contributed by atoms with van der Waals surface area (Å²) in [6.07, 6.45) is -0.0132. The highest BCUT2D eigenvalue weighted by Crippen LogP contribution is 2.25. The minimum absolute atomic E-state index is 0.0132. The lowest BCUT2D eigenvalue weighted by atomic mass is 10.3. The molecule has 0 radical (unpaired) electrons. The molecule has 0 bridgehead atoms. The minimum atomic E-state index is -4.03. The Hall–Kier alpha value is -2.05. The summed E-state index contributed by atoms with van der Waals surface area (Å²) in [6.45, 7) is 3.20. The molecule has 0 saturated heterocycles. The third-order valence-corrected chi connectivity index (χ3v) is 4.81. The van der Waals surface area contributed by atoms with Gasteiger partial charge in [0.1, 0.15) is 0 Å². The van der Waals surface area contributed by atoms with Crippen LogP contribution in [0.25, 0.3) is 0 Å². The van der Waals surface area contributed by atoms with Gasteiger partial charge in [-0.3, -0.25) is 10.1 Å². The van der Waals surface area contributed by atoms with Crippen molar-refractivity contribution >= 4 is 15.7 Å². The van der Waals surface area contributed by atoms with E-state index in [9.17, 15) is 22.9 Å². The Morgan fingerprint density at radius 2 is 2.10 bits per heavy atom. The Morgan fingerprint density at radius 3 is 2.57 bits per heavy atom. The molecule has 0 N–H and O–H groups in total. The number of nitrogens with zero attached hydrogens (tertiary/aromatic N) is 3. The molecular weight excluding hydrogens is 301 g/mol. The summed E-state index contributed by atoms with van der Waals surface area (Å²) in [5.74, 6) is -1.10. The maximum absolute atomic E-state index is 13.3. The second kappa shape index (κ2) is 6.60. The van der Waals surface area contributed by atoms with E-state index in [0.29, 0.717) is 6.07 Å². The van der Waals surface area contributed by atoms with Gasteiger partial charge in [0.2, 0.25) is 15.8 Å². The van der Waals surface area contributed by atoms with Gasteiger partial charge in [-0.2, -0.15) is 14.0 Å². The van der Waals surface area contributed by atoms with Crippen LogP contribution in [0.5, 0.6) is 0 Å². The van der Waals surface area contributed by atoms with Gasteiger partial charge in [0.25, 0.3) is 0 Å². The van der Waals surface area contributed by atoms with Gasteiger partial charge in [-0.05, 0) is 26.0 Å². The fourth-order valence-corrected chi connectivity index (χ4v) is 3.40. The van der Waals surface area contributed by atoms with Crippen LogP contribution in [0.15, 0.2) is 23.1 Å². The van der Waals surface area contributed by atoms with E-state index < -0.39 is 32.5 Å². The fourth-order valence-electron chi connectivity index (χ4n) is 1.74. The smallest absolute Gasteiger partial charge is 0.258 e. The predicted octanol–water partition coefficient (Wildman–Crippen LogP) is 2.05. The molecule has 1 rings (SSSR count). The van der Waals surface area contributed by atoms with Gasteiger partial charge in [0.05, 0.1) is 15.9 Å². The van der Waals surface area contributed by atoms with Gasteiger partial charge < -0.3 is 0 Å². The monoisotopic (exact) mass is 315 g/mol. The van der Waals surface area contributed by atoms with E-state index in [2.05, 4.69) is 0 Å². The number of halogens is 1. The van der Waals surface area contributed by atoms with Crippen LogP contribution in [-0.2, 0) is 10.0 Å². The second-order valence-electron chi connectivity index (χ2n) is 4.49. The van der Waals surface area contributed by atoms with Crippen molar-refractivity contribution in [1.82, 2.24) is 4.31 Å². The Kier molecular flexibility index (Phi) is 5.34. The first-order valence-electron chi connectivity index (χ1n) is 6.04. The molecular formula is C12H14FN3O4S. The summed E-state index contributed by atoms with van der Waals surface area (Å²) in [6, 6.07) is 3.81. The van der Waals surface area contributed by atoms with Gasteiger partial charge in [0, 0.05) is 25.1 Å². The van der Waals surface area contributed by atoms with Crippen molar-refractivity contribution in [3.8, 4) is 6.07 Å². The molecule has 7 nitrogen and oxygen atoms in total.